The molecule has 0 N–H and O–H groups in total. The molecule has 0 fully saturated rings. The van der Waals surface area contributed by atoms with Gasteiger partial charge in [-0.25, -0.2) is 4.79 Å². The van der Waals surface area contributed by atoms with Crippen molar-refractivity contribution in [2.24, 2.45) is 0 Å². The smallest absolute Gasteiger partial charge is 0.337 e. The summed E-state index contributed by atoms with van der Waals surface area (Å²) in [6, 6.07) is 38.6. The molecule has 0 saturated carbocycles. The maximum absolute atomic E-state index is 12.9. The molecular weight excluding hydrogens is 621 g/mol. The zero-order valence-corrected chi connectivity index (χ0v) is 28.0. The number of methoxy groups -OCH3 is 1. The first-order valence-corrected chi connectivity index (χ1v) is 16.7. The van der Waals surface area contributed by atoms with Gasteiger partial charge >= 0.3 is 5.97 Å². The number of aromatic nitrogens is 4. The Hall–Kier alpha value is -5.83. The summed E-state index contributed by atoms with van der Waals surface area (Å²) in [5.74, 6) is -0.363. The molecule has 7 aromatic rings. The lowest BCUT2D eigenvalue weighted by atomic mass is 9.90. The van der Waals surface area contributed by atoms with E-state index in [1.165, 1.54) is 18.1 Å². The molecule has 50 heavy (non-hydrogen) atoms. The number of nitrogens with zero attached hydrogens (tertiary/aromatic N) is 6. The zero-order chi connectivity index (χ0) is 34.1. The van der Waals surface area contributed by atoms with Crippen LogP contribution in [-0.4, -0.2) is 42.8 Å². The fraction of sp³-hybridized carbons (Fsp3) is 0.167. The second-order valence-electron chi connectivity index (χ2n) is 12.3. The van der Waals surface area contributed by atoms with E-state index in [4.69, 9.17) is 4.74 Å². The average molecular weight is 659 g/mol. The molecule has 0 aliphatic heterocycles. The van der Waals surface area contributed by atoms with Crippen molar-refractivity contribution >= 4 is 27.5 Å². The Morgan fingerprint density at radius 3 is 1.24 bits per heavy atom. The van der Waals surface area contributed by atoms with Gasteiger partial charge in [0.25, 0.3) is 0 Å². The number of pyridine rings is 4. The summed E-state index contributed by atoms with van der Waals surface area (Å²) in [4.78, 5) is 36.3. The number of hydrogen-bond donors (Lipinski definition) is 0. The Morgan fingerprint density at radius 2 is 0.860 bits per heavy atom. The van der Waals surface area contributed by atoms with Gasteiger partial charge < -0.3 is 4.74 Å². The molecule has 8 nitrogen and oxygen atoms in total. The lowest BCUT2D eigenvalue weighted by Crippen LogP contribution is -2.25. The van der Waals surface area contributed by atoms with E-state index in [9.17, 15) is 4.79 Å². The normalized spacial score (nSPS) is 11.4. The highest BCUT2D eigenvalue weighted by Crippen LogP contribution is 2.36. The van der Waals surface area contributed by atoms with Gasteiger partial charge in [0.2, 0.25) is 0 Å². The lowest BCUT2D eigenvalue weighted by Gasteiger charge is -2.27. The number of rotatable bonds is 13. The molecule has 0 amide bonds. The molecule has 248 valence electrons. The van der Waals surface area contributed by atoms with Gasteiger partial charge in [0, 0.05) is 64.1 Å². The first-order valence-electron chi connectivity index (χ1n) is 16.7. The fourth-order valence-electron chi connectivity index (χ4n) is 6.61. The average Bonchev–Trinajstić information content (AvgIpc) is 3.17. The van der Waals surface area contributed by atoms with Gasteiger partial charge in [-0.15, -0.1) is 0 Å². The van der Waals surface area contributed by atoms with Crippen molar-refractivity contribution in [2.75, 3.05) is 7.11 Å². The number of hydrogen-bond acceptors (Lipinski definition) is 8. The molecule has 0 aliphatic carbocycles. The molecule has 0 bridgehead atoms. The van der Waals surface area contributed by atoms with Crippen LogP contribution in [0.2, 0.25) is 0 Å². The van der Waals surface area contributed by atoms with Crippen molar-refractivity contribution in [2.45, 2.75) is 39.3 Å². The van der Waals surface area contributed by atoms with E-state index in [0.717, 1.165) is 44.5 Å². The number of fused-ring (bicyclic) bond motifs is 2. The Balaban J connectivity index is 1.37. The van der Waals surface area contributed by atoms with Crippen molar-refractivity contribution in [1.29, 1.82) is 0 Å². The quantitative estimate of drug-likeness (QED) is 0.0918. The predicted octanol–water partition coefficient (Wildman–Crippen LogP) is 7.76. The SMILES string of the molecule is COC(=O)c1ccc2c(CN(Cc3ccccn3)Cc3ccccn3)c3ccccc3c(CN(Cc3ccccn3)Cc3ccccn3)c2c1. The largest absolute Gasteiger partial charge is 0.465 e. The van der Waals surface area contributed by atoms with E-state index in [1.54, 1.807) is 0 Å². The minimum absolute atomic E-state index is 0.363. The predicted molar refractivity (Wildman–Crippen MR) is 196 cm³/mol. The molecule has 0 atom stereocenters. The first kappa shape index (κ1) is 32.7. The van der Waals surface area contributed by atoms with Crippen molar-refractivity contribution in [1.82, 2.24) is 29.7 Å². The van der Waals surface area contributed by atoms with Crippen LogP contribution in [0, 0.1) is 0 Å². The third-order valence-electron chi connectivity index (χ3n) is 8.88. The van der Waals surface area contributed by atoms with Crippen molar-refractivity contribution in [3.05, 3.63) is 180 Å². The van der Waals surface area contributed by atoms with E-state index < -0.39 is 0 Å². The maximum Gasteiger partial charge on any atom is 0.337 e. The summed E-state index contributed by atoms with van der Waals surface area (Å²) in [5, 5.41) is 4.42. The van der Waals surface area contributed by atoms with Crippen molar-refractivity contribution < 1.29 is 9.53 Å². The van der Waals surface area contributed by atoms with Gasteiger partial charge in [-0.2, -0.15) is 0 Å². The Morgan fingerprint density at radius 1 is 0.480 bits per heavy atom. The fourth-order valence-corrected chi connectivity index (χ4v) is 6.61. The van der Waals surface area contributed by atoms with Crippen LogP contribution in [0.1, 0.15) is 44.3 Å². The van der Waals surface area contributed by atoms with Crippen LogP contribution < -0.4 is 0 Å². The van der Waals surface area contributed by atoms with E-state index in [0.29, 0.717) is 44.8 Å². The van der Waals surface area contributed by atoms with E-state index in [-0.39, 0.29) is 5.97 Å². The van der Waals surface area contributed by atoms with Gasteiger partial charge in [-0.1, -0.05) is 54.6 Å². The monoisotopic (exact) mass is 658 g/mol. The Labute approximate surface area is 292 Å². The van der Waals surface area contributed by atoms with Crippen LogP contribution in [-0.2, 0) is 44.0 Å². The topological polar surface area (TPSA) is 84.3 Å². The number of ether oxygens (including phenoxy) is 1. The summed E-state index contributed by atoms with van der Waals surface area (Å²) < 4.78 is 5.19. The van der Waals surface area contributed by atoms with Crippen LogP contribution in [0.15, 0.2) is 140 Å². The molecule has 0 radical (unpaired) electrons. The summed E-state index contributed by atoms with van der Waals surface area (Å²) in [7, 11) is 1.42. The maximum atomic E-state index is 12.9. The second-order valence-corrected chi connectivity index (χ2v) is 12.3. The lowest BCUT2D eigenvalue weighted by molar-refractivity contribution is 0.0601. The van der Waals surface area contributed by atoms with E-state index in [2.05, 4.69) is 84.3 Å². The Kier molecular flexibility index (Phi) is 10.2. The third-order valence-corrected chi connectivity index (χ3v) is 8.88. The van der Waals surface area contributed by atoms with Crippen LogP contribution >= 0.6 is 0 Å². The number of esters is 1. The second kappa shape index (κ2) is 15.6. The van der Waals surface area contributed by atoms with Crippen LogP contribution in [0.3, 0.4) is 0 Å². The third kappa shape index (κ3) is 7.73. The molecule has 3 aromatic carbocycles. The van der Waals surface area contributed by atoms with Crippen molar-refractivity contribution in [3.8, 4) is 0 Å². The minimum atomic E-state index is -0.363. The standard InChI is InChI=1S/C42H38N6O2/c1-50-42(49)31-18-19-38-39(24-31)41(30-48(27-34-14-6-10-22-45-34)28-35-15-7-11-23-46-35)37-17-3-2-16-36(37)40(38)29-47(25-32-12-4-8-20-43-32)26-33-13-5-9-21-44-33/h2-24H,25-30H2,1H3. The highest BCUT2D eigenvalue weighted by Gasteiger charge is 2.21. The van der Waals surface area contributed by atoms with Crippen LogP contribution in [0.4, 0.5) is 0 Å². The van der Waals surface area contributed by atoms with Crippen LogP contribution in [0.25, 0.3) is 21.5 Å². The summed E-state index contributed by atoms with van der Waals surface area (Å²) in [5.41, 5.74) is 6.76. The van der Waals surface area contributed by atoms with Crippen molar-refractivity contribution in [3.63, 3.8) is 0 Å². The molecule has 7 rings (SSSR count). The van der Waals surface area contributed by atoms with Crippen LogP contribution in [0.5, 0.6) is 0 Å². The minimum Gasteiger partial charge on any atom is -0.465 e. The molecule has 4 heterocycles. The molecule has 0 saturated heterocycles. The zero-order valence-electron chi connectivity index (χ0n) is 28.0. The van der Waals surface area contributed by atoms with Gasteiger partial charge in [0.05, 0.1) is 35.4 Å². The molecule has 8 heteroatoms. The summed E-state index contributed by atoms with van der Waals surface area (Å²) in [6.07, 6.45) is 7.34. The highest BCUT2D eigenvalue weighted by atomic mass is 16.5. The number of carbonyl (C=O) groups is 1. The molecule has 0 aliphatic rings. The van der Waals surface area contributed by atoms with Gasteiger partial charge in [0.15, 0.2) is 0 Å². The molecular formula is C42H38N6O2. The van der Waals surface area contributed by atoms with E-state index >= 15 is 0 Å². The molecule has 0 unspecified atom stereocenters. The summed E-state index contributed by atoms with van der Waals surface area (Å²) >= 11 is 0. The molecule has 4 aromatic heterocycles. The number of carbonyl (C=O) groups excluding carboxylic acids is 1. The highest BCUT2D eigenvalue weighted by molar-refractivity contribution is 6.07. The first-order chi connectivity index (χ1) is 24.6. The van der Waals surface area contributed by atoms with Gasteiger partial charge in [-0.3, -0.25) is 29.7 Å². The Bertz CT molecular complexity index is 2100. The van der Waals surface area contributed by atoms with Gasteiger partial charge in [0.1, 0.15) is 0 Å². The number of benzene rings is 3. The van der Waals surface area contributed by atoms with Gasteiger partial charge in [-0.05, 0) is 93.3 Å². The molecule has 0 spiro atoms. The van der Waals surface area contributed by atoms with E-state index in [1.807, 2.05) is 85.5 Å². The summed E-state index contributed by atoms with van der Waals surface area (Å²) in [6.45, 7) is 3.82.